The van der Waals surface area contributed by atoms with E-state index in [1.54, 1.807) is 25.1 Å². The standard InChI is InChI=1S/C22H17F3O2/c1-15-10-18(17-8-5-9-20(12-17)22(23,24)25)11-19(13-26)21(15)27-14-16-6-3-2-4-7-16/h2-13H,14H2,1H3. The van der Waals surface area contributed by atoms with Gasteiger partial charge in [0.25, 0.3) is 0 Å². The predicted octanol–water partition coefficient (Wildman–Crippen LogP) is 6.07. The number of alkyl halides is 3. The number of carbonyl (C=O) groups excluding carboxylic acids is 1. The van der Waals surface area contributed by atoms with Gasteiger partial charge in [-0.15, -0.1) is 0 Å². The molecule has 3 rings (SSSR count). The SMILES string of the molecule is Cc1cc(-c2cccc(C(F)(F)F)c2)cc(C=O)c1OCc1ccccc1. The summed E-state index contributed by atoms with van der Waals surface area (Å²) in [7, 11) is 0. The van der Waals surface area contributed by atoms with Gasteiger partial charge in [0.05, 0.1) is 11.1 Å². The Morgan fingerprint density at radius 3 is 2.33 bits per heavy atom. The summed E-state index contributed by atoms with van der Waals surface area (Å²) >= 11 is 0. The molecule has 0 fully saturated rings. The zero-order valence-corrected chi connectivity index (χ0v) is 14.6. The van der Waals surface area contributed by atoms with Crippen molar-refractivity contribution in [3.8, 4) is 16.9 Å². The third-order valence-corrected chi connectivity index (χ3v) is 4.18. The fourth-order valence-electron chi connectivity index (χ4n) is 2.86. The molecule has 138 valence electrons. The molecule has 3 aromatic rings. The number of carbonyl (C=O) groups is 1. The Hall–Kier alpha value is -3.08. The van der Waals surface area contributed by atoms with E-state index in [4.69, 9.17) is 4.74 Å². The number of hydrogen-bond donors (Lipinski definition) is 0. The molecule has 3 aromatic carbocycles. The van der Waals surface area contributed by atoms with Gasteiger partial charge in [0, 0.05) is 0 Å². The summed E-state index contributed by atoms with van der Waals surface area (Å²) in [6, 6.07) is 17.8. The lowest BCUT2D eigenvalue weighted by Crippen LogP contribution is -2.04. The normalized spacial score (nSPS) is 11.3. The first-order valence-electron chi connectivity index (χ1n) is 8.32. The molecule has 0 radical (unpaired) electrons. The molecule has 2 nitrogen and oxygen atoms in total. The second-order valence-electron chi connectivity index (χ2n) is 6.18. The van der Waals surface area contributed by atoms with Crippen LogP contribution in [0.5, 0.6) is 5.75 Å². The Morgan fingerprint density at radius 1 is 0.926 bits per heavy atom. The van der Waals surface area contributed by atoms with Gasteiger partial charge in [-0.3, -0.25) is 4.79 Å². The van der Waals surface area contributed by atoms with Gasteiger partial charge in [-0.1, -0.05) is 42.5 Å². The molecule has 0 bridgehead atoms. The van der Waals surface area contributed by atoms with Crippen molar-refractivity contribution in [2.45, 2.75) is 19.7 Å². The molecule has 0 aromatic heterocycles. The molecule has 0 N–H and O–H groups in total. The molecule has 0 amide bonds. The van der Waals surface area contributed by atoms with Crippen LogP contribution in [0.3, 0.4) is 0 Å². The van der Waals surface area contributed by atoms with Crippen LogP contribution < -0.4 is 4.74 Å². The molecule has 0 saturated carbocycles. The number of aldehydes is 1. The van der Waals surface area contributed by atoms with Crippen LogP contribution in [-0.2, 0) is 12.8 Å². The molecular formula is C22H17F3O2. The van der Waals surface area contributed by atoms with Crippen LogP contribution in [-0.4, -0.2) is 6.29 Å². The Kier molecular flexibility index (Phi) is 5.31. The fourth-order valence-corrected chi connectivity index (χ4v) is 2.86. The largest absolute Gasteiger partial charge is 0.488 e. The van der Waals surface area contributed by atoms with Crippen LogP contribution in [0.15, 0.2) is 66.7 Å². The summed E-state index contributed by atoms with van der Waals surface area (Å²) in [5.74, 6) is 0.435. The lowest BCUT2D eigenvalue weighted by Gasteiger charge is -2.15. The molecule has 0 saturated heterocycles. The van der Waals surface area contributed by atoms with E-state index in [-0.39, 0.29) is 0 Å². The van der Waals surface area contributed by atoms with Gasteiger partial charge in [-0.25, -0.2) is 0 Å². The van der Waals surface area contributed by atoms with Crippen molar-refractivity contribution in [2.75, 3.05) is 0 Å². The predicted molar refractivity (Wildman–Crippen MR) is 97.8 cm³/mol. The zero-order valence-electron chi connectivity index (χ0n) is 14.6. The number of aryl methyl sites for hydroxylation is 1. The van der Waals surface area contributed by atoms with Crippen molar-refractivity contribution < 1.29 is 22.7 Å². The quantitative estimate of drug-likeness (QED) is 0.509. The molecule has 0 spiro atoms. The fraction of sp³-hybridized carbons (Fsp3) is 0.136. The highest BCUT2D eigenvalue weighted by atomic mass is 19.4. The van der Waals surface area contributed by atoms with Crippen LogP contribution in [0.4, 0.5) is 13.2 Å². The summed E-state index contributed by atoms with van der Waals surface area (Å²) in [6.07, 6.45) is -3.76. The second-order valence-corrected chi connectivity index (χ2v) is 6.18. The molecule has 5 heteroatoms. The average Bonchev–Trinajstić information content (AvgIpc) is 2.66. The number of rotatable bonds is 5. The average molecular weight is 370 g/mol. The summed E-state index contributed by atoms with van der Waals surface area (Å²) in [5.41, 5.74) is 2.14. The first-order valence-corrected chi connectivity index (χ1v) is 8.32. The molecule has 0 atom stereocenters. The highest BCUT2D eigenvalue weighted by molar-refractivity contribution is 5.84. The van der Waals surface area contributed by atoms with Crippen molar-refractivity contribution in [1.82, 2.24) is 0 Å². The van der Waals surface area contributed by atoms with E-state index < -0.39 is 11.7 Å². The van der Waals surface area contributed by atoms with Crippen LogP contribution in [0.1, 0.15) is 27.0 Å². The van der Waals surface area contributed by atoms with E-state index >= 15 is 0 Å². The lowest BCUT2D eigenvalue weighted by molar-refractivity contribution is -0.137. The highest BCUT2D eigenvalue weighted by Crippen LogP contribution is 2.34. The molecule has 0 unspecified atom stereocenters. The molecular weight excluding hydrogens is 353 g/mol. The molecule has 0 aliphatic heterocycles. The number of ether oxygens (including phenoxy) is 1. The highest BCUT2D eigenvalue weighted by Gasteiger charge is 2.30. The van der Waals surface area contributed by atoms with Crippen LogP contribution >= 0.6 is 0 Å². The van der Waals surface area contributed by atoms with E-state index in [9.17, 15) is 18.0 Å². The minimum Gasteiger partial charge on any atom is -0.488 e. The van der Waals surface area contributed by atoms with Crippen molar-refractivity contribution in [3.63, 3.8) is 0 Å². The van der Waals surface area contributed by atoms with Gasteiger partial charge in [-0.05, 0) is 53.4 Å². The van der Waals surface area contributed by atoms with Gasteiger partial charge in [0.1, 0.15) is 12.4 Å². The minimum atomic E-state index is -4.42. The molecule has 27 heavy (non-hydrogen) atoms. The monoisotopic (exact) mass is 370 g/mol. The van der Waals surface area contributed by atoms with Crippen LogP contribution in [0.2, 0.25) is 0 Å². The van der Waals surface area contributed by atoms with Crippen LogP contribution in [0.25, 0.3) is 11.1 Å². The van der Waals surface area contributed by atoms with Gasteiger partial charge >= 0.3 is 6.18 Å². The smallest absolute Gasteiger partial charge is 0.416 e. The van der Waals surface area contributed by atoms with Gasteiger partial charge in [0.15, 0.2) is 6.29 Å². The number of benzene rings is 3. The first kappa shape index (κ1) is 18.7. The first-order chi connectivity index (χ1) is 12.9. The van der Waals surface area contributed by atoms with E-state index in [0.717, 1.165) is 17.7 Å². The summed E-state index contributed by atoms with van der Waals surface area (Å²) in [4.78, 5) is 11.5. The Morgan fingerprint density at radius 2 is 1.67 bits per heavy atom. The van der Waals surface area contributed by atoms with E-state index in [0.29, 0.717) is 40.9 Å². The Labute approximate surface area is 155 Å². The third-order valence-electron chi connectivity index (χ3n) is 4.18. The number of hydrogen-bond acceptors (Lipinski definition) is 2. The van der Waals surface area contributed by atoms with E-state index in [1.165, 1.54) is 6.07 Å². The maximum absolute atomic E-state index is 13.0. The third kappa shape index (κ3) is 4.37. The summed E-state index contributed by atoms with van der Waals surface area (Å²) in [6.45, 7) is 2.07. The Bertz CT molecular complexity index is 948. The zero-order chi connectivity index (χ0) is 19.4. The minimum absolute atomic E-state index is 0.297. The maximum atomic E-state index is 13.0. The van der Waals surface area contributed by atoms with Gasteiger partial charge in [-0.2, -0.15) is 13.2 Å². The topological polar surface area (TPSA) is 26.3 Å². The van der Waals surface area contributed by atoms with Crippen molar-refractivity contribution in [3.05, 3.63) is 89.0 Å². The van der Waals surface area contributed by atoms with Crippen molar-refractivity contribution >= 4 is 6.29 Å². The Balaban J connectivity index is 1.93. The van der Waals surface area contributed by atoms with Crippen LogP contribution in [0, 0.1) is 6.92 Å². The van der Waals surface area contributed by atoms with Gasteiger partial charge in [0.2, 0.25) is 0 Å². The van der Waals surface area contributed by atoms with Crippen molar-refractivity contribution in [2.24, 2.45) is 0 Å². The molecule has 0 aliphatic rings. The van der Waals surface area contributed by atoms with E-state index in [2.05, 4.69) is 0 Å². The summed E-state index contributed by atoms with van der Waals surface area (Å²) < 4.78 is 44.7. The van der Waals surface area contributed by atoms with Gasteiger partial charge < -0.3 is 4.74 Å². The summed E-state index contributed by atoms with van der Waals surface area (Å²) in [5, 5.41) is 0. The maximum Gasteiger partial charge on any atom is 0.416 e. The molecule has 0 aliphatic carbocycles. The second kappa shape index (κ2) is 7.66. The number of halogens is 3. The lowest BCUT2D eigenvalue weighted by atomic mass is 9.98. The van der Waals surface area contributed by atoms with Crippen molar-refractivity contribution in [1.29, 1.82) is 0 Å². The van der Waals surface area contributed by atoms with E-state index in [1.807, 2.05) is 30.3 Å². The molecule has 0 heterocycles.